The second-order valence-corrected chi connectivity index (χ2v) is 4.28. The molecule has 0 aromatic carbocycles. The van der Waals surface area contributed by atoms with Gasteiger partial charge in [-0.25, -0.2) is 0 Å². The van der Waals surface area contributed by atoms with Gasteiger partial charge in [0.2, 0.25) is 11.8 Å². The summed E-state index contributed by atoms with van der Waals surface area (Å²) < 4.78 is 5.70. The Hall–Kier alpha value is -0.940. The molecule has 0 bridgehead atoms. The summed E-state index contributed by atoms with van der Waals surface area (Å²) in [6.07, 6.45) is 4.62. The molecule has 0 amide bonds. The molecule has 5 heteroatoms. The lowest BCUT2D eigenvalue weighted by atomic mass is 10.2. The third-order valence-electron chi connectivity index (χ3n) is 3.17. The molecule has 15 heavy (non-hydrogen) atoms. The number of aromatic nitrogens is 2. The van der Waals surface area contributed by atoms with Gasteiger partial charge in [-0.1, -0.05) is 0 Å². The molecule has 2 saturated heterocycles. The Bertz CT molecular complexity index is 295. The molecule has 2 atom stereocenters. The minimum atomic E-state index is 0.285. The van der Waals surface area contributed by atoms with E-state index in [-0.39, 0.29) is 12.1 Å². The Morgan fingerprint density at radius 2 is 1.47 bits per heavy atom. The minimum absolute atomic E-state index is 0.285. The molecule has 5 nitrogen and oxygen atoms in total. The van der Waals surface area contributed by atoms with Crippen LogP contribution >= 0.6 is 0 Å². The highest BCUT2D eigenvalue weighted by Gasteiger charge is 2.26. The molecule has 0 aliphatic carbocycles. The van der Waals surface area contributed by atoms with Crippen LogP contribution in [0.2, 0.25) is 0 Å². The zero-order valence-corrected chi connectivity index (χ0v) is 8.70. The monoisotopic (exact) mass is 208 g/mol. The first-order valence-electron chi connectivity index (χ1n) is 5.73. The Morgan fingerprint density at radius 1 is 0.933 bits per heavy atom. The van der Waals surface area contributed by atoms with E-state index in [1.807, 2.05) is 0 Å². The second kappa shape index (κ2) is 3.90. The van der Waals surface area contributed by atoms with Crippen molar-refractivity contribution in [2.45, 2.75) is 37.8 Å². The maximum absolute atomic E-state index is 5.70. The minimum Gasteiger partial charge on any atom is -0.422 e. The Kier molecular flexibility index (Phi) is 2.42. The molecule has 2 unspecified atom stereocenters. The van der Waals surface area contributed by atoms with E-state index < -0.39 is 0 Å². The van der Waals surface area contributed by atoms with E-state index in [1.54, 1.807) is 0 Å². The lowest BCUT2D eigenvalue weighted by Gasteiger charge is -2.04. The molecule has 2 fully saturated rings. The molecule has 2 aliphatic heterocycles. The van der Waals surface area contributed by atoms with Crippen LogP contribution in [0.5, 0.6) is 0 Å². The van der Waals surface area contributed by atoms with E-state index in [0.717, 1.165) is 37.7 Å². The molecule has 1 aromatic heterocycles. The van der Waals surface area contributed by atoms with Gasteiger partial charge < -0.3 is 15.1 Å². The number of nitrogens with one attached hydrogen (secondary N) is 2. The van der Waals surface area contributed by atoms with E-state index in [1.165, 1.54) is 12.8 Å². The van der Waals surface area contributed by atoms with E-state index in [2.05, 4.69) is 20.8 Å². The summed E-state index contributed by atoms with van der Waals surface area (Å²) in [5.41, 5.74) is 0. The van der Waals surface area contributed by atoms with Crippen LogP contribution in [0, 0.1) is 0 Å². The fourth-order valence-electron chi connectivity index (χ4n) is 2.32. The topological polar surface area (TPSA) is 63.0 Å². The molecule has 3 heterocycles. The summed E-state index contributed by atoms with van der Waals surface area (Å²) in [7, 11) is 0. The van der Waals surface area contributed by atoms with Gasteiger partial charge in [-0.3, -0.25) is 0 Å². The van der Waals surface area contributed by atoms with Crippen molar-refractivity contribution >= 4 is 0 Å². The molecule has 0 radical (unpaired) electrons. The predicted molar refractivity (Wildman–Crippen MR) is 54.3 cm³/mol. The van der Waals surface area contributed by atoms with Gasteiger partial charge in [-0.2, -0.15) is 0 Å². The van der Waals surface area contributed by atoms with Crippen molar-refractivity contribution < 1.29 is 4.42 Å². The zero-order valence-electron chi connectivity index (χ0n) is 8.70. The standard InChI is InChI=1S/C10H16N4O/c1-3-7(11-5-1)9-13-14-10(15-9)8-4-2-6-12-8/h7-8,11-12H,1-6H2. The molecular formula is C10H16N4O. The average molecular weight is 208 g/mol. The van der Waals surface area contributed by atoms with Crippen molar-refractivity contribution in [3.63, 3.8) is 0 Å². The number of hydrogen-bond donors (Lipinski definition) is 2. The van der Waals surface area contributed by atoms with E-state index in [4.69, 9.17) is 4.42 Å². The zero-order chi connectivity index (χ0) is 10.1. The quantitative estimate of drug-likeness (QED) is 0.756. The van der Waals surface area contributed by atoms with Crippen molar-refractivity contribution in [3.8, 4) is 0 Å². The van der Waals surface area contributed by atoms with Crippen molar-refractivity contribution in [3.05, 3.63) is 11.8 Å². The van der Waals surface area contributed by atoms with Gasteiger partial charge in [-0.05, 0) is 38.8 Å². The highest BCUT2D eigenvalue weighted by Crippen LogP contribution is 2.26. The van der Waals surface area contributed by atoms with Crippen LogP contribution in [-0.2, 0) is 0 Å². The maximum Gasteiger partial charge on any atom is 0.233 e. The van der Waals surface area contributed by atoms with E-state index >= 15 is 0 Å². The van der Waals surface area contributed by atoms with Crippen LogP contribution < -0.4 is 10.6 Å². The summed E-state index contributed by atoms with van der Waals surface area (Å²) >= 11 is 0. The van der Waals surface area contributed by atoms with E-state index in [9.17, 15) is 0 Å². The Balaban J connectivity index is 1.74. The number of hydrogen-bond acceptors (Lipinski definition) is 5. The Labute approximate surface area is 88.6 Å². The molecule has 2 N–H and O–H groups in total. The number of nitrogens with zero attached hydrogens (tertiary/aromatic N) is 2. The molecule has 0 spiro atoms. The predicted octanol–water partition coefficient (Wildman–Crippen LogP) is 0.919. The Morgan fingerprint density at radius 3 is 1.87 bits per heavy atom. The first kappa shape index (κ1) is 9.30. The van der Waals surface area contributed by atoms with Gasteiger partial charge in [0, 0.05) is 0 Å². The smallest absolute Gasteiger partial charge is 0.233 e. The lowest BCUT2D eigenvalue weighted by Crippen LogP contribution is -2.13. The van der Waals surface area contributed by atoms with Crippen LogP contribution in [0.1, 0.15) is 49.5 Å². The van der Waals surface area contributed by atoms with Gasteiger partial charge in [-0.15, -0.1) is 10.2 Å². The second-order valence-electron chi connectivity index (χ2n) is 4.28. The molecule has 0 saturated carbocycles. The van der Waals surface area contributed by atoms with Gasteiger partial charge >= 0.3 is 0 Å². The molecule has 82 valence electrons. The highest BCUT2D eigenvalue weighted by atomic mass is 16.4. The first-order chi connectivity index (χ1) is 7.43. The number of rotatable bonds is 2. The van der Waals surface area contributed by atoms with Gasteiger partial charge in [0.1, 0.15) is 0 Å². The normalized spacial score (nSPS) is 31.2. The summed E-state index contributed by atoms with van der Waals surface area (Å²) in [6.45, 7) is 2.12. The van der Waals surface area contributed by atoms with Crippen LogP contribution in [0.15, 0.2) is 4.42 Å². The van der Waals surface area contributed by atoms with Crippen molar-refractivity contribution in [2.75, 3.05) is 13.1 Å². The fraction of sp³-hybridized carbons (Fsp3) is 0.800. The van der Waals surface area contributed by atoms with Crippen molar-refractivity contribution in [1.82, 2.24) is 20.8 Å². The fourth-order valence-corrected chi connectivity index (χ4v) is 2.32. The third kappa shape index (κ3) is 1.77. The SMILES string of the molecule is C1CNC(c2nnc(C3CCCN3)o2)C1. The van der Waals surface area contributed by atoms with Crippen LogP contribution in [-0.4, -0.2) is 23.3 Å². The van der Waals surface area contributed by atoms with Gasteiger partial charge in [0.25, 0.3) is 0 Å². The highest BCUT2D eigenvalue weighted by molar-refractivity contribution is 4.97. The van der Waals surface area contributed by atoms with Crippen LogP contribution in [0.3, 0.4) is 0 Å². The third-order valence-corrected chi connectivity index (χ3v) is 3.17. The van der Waals surface area contributed by atoms with Crippen molar-refractivity contribution in [1.29, 1.82) is 0 Å². The molecule has 2 aliphatic rings. The average Bonchev–Trinajstić information content (AvgIpc) is 3.02. The van der Waals surface area contributed by atoms with Gasteiger partial charge in [0.05, 0.1) is 12.1 Å². The summed E-state index contributed by atoms with van der Waals surface area (Å²) in [6, 6.07) is 0.570. The molecular weight excluding hydrogens is 192 g/mol. The maximum atomic E-state index is 5.70. The summed E-state index contributed by atoms with van der Waals surface area (Å²) in [5.74, 6) is 1.52. The van der Waals surface area contributed by atoms with E-state index in [0.29, 0.717) is 0 Å². The summed E-state index contributed by atoms with van der Waals surface area (Å²) in [5, 5.41) is 15.0. The summed E-state index contributed by atoms with van der Waals surface area (Å²) in [4.78, 5) is 0. The first-order valence-corrected chi connectivity index (χ1v) is 5.73. The van der Waals surface area contributed by atoms with Crippen LogP contribution in [0.4, 0.5) is 0 Å². The largest absolute Gasteiger partial charge is 0.422 e. The van der Waals surface area contributed by atoms with Crippen LogP contribution in [0.25, 0.3) is 0 Å². The van der Waals surface area contributed by atoms with Crippen molar-refractivity contribution in [2.24, 2.45) is 0 Å². The molecule has 3 rings (SSSR count). The molecule has 1 aromatic rings. The lowest BCUT2D eigenvalue weighted by molar-refractivity contribution is 0.372. The van der Waals surface area contributed by atoms with Gasteiger partial charge in [0.15, 0.2) is 0 Å².